The molecule has 0 bridgehead atoms. The smallest absolute Gasteiger partial charge is 0.329 e. The van der Waals surface area contributed by atoms with Crippen molar-refractivity contribution in [3.05, 3.63) is 40.6 Å². The van der Waals surface area contributed by atoms with E-state index in [1.165, 1.54) is 6.33 Å². The molecule has 0 aromatic carbocycles. The summed E-state index contributed by atoms with van der Waals surface area (Å²) in [6, 6.07) is 1.71. The summed E-state index contributed by atoms with van der Waals surface area (Å²) in [6.45, 7) is 0.309. The number of aromatic nitrogens is 4. The van der Waals surface area contributed by atoms with Crippen LogP contribution in [0.5, 0.6) is 0 Å². The van der Waals surface area contributed by atoms with E-state index in [1.54, 1.807) is 19.3 Å². The molecule has 0 aliphatic heterocycles. The molecule has 0 aliphatic rings. The van der Waals surface area contributed by atoms with Gasteiger partial charge in [0.15, 0.2) is 0 Å². The van der Waals surface area contributed by atoms with Crippen molar-refractivity contribution >= 4 is 17.5 Å². The molecule has 0 radical (unpaired) electrons. The van der Waals surface area contributed by atoms with Gasteiger partial charge in [0.2, 0.25) is 11.8 Å². The molecule has 2 N–H and O–H groups in total. The SMILES string of the molecule is CNc1ncc([N+](=O)[O-])c(NCc2ccncn2)n1. The second-order valence-corrected chi connectivity index (χ2v) is 3.49. The maximum atomic E-state index is 10.9. The van der Waals surface area contributed by atoms with Crippen LogP contribution < -0.4 is 10.6 Å². The molecular weight excluding hydrogens is 250 g/mol. The Kier molecular flexibility index (Phi) is 3.76. The van der Waals surface area contributed by atoms with E-state index in [0.29, 0.717) is 18.2 Å². The predicted molar refractivity (Wildman–Crippen MR) is 67.6 cm³/mol. The van der Waals surface area contributed by atoms with Crippen molar-refractivity contribution in [2.75, 3.05) is 17.7 Å². The Balaban J connectivity index is 2.20. The highest BCUT2D eigenvalue weighted by atomic mass is 16.6. The van der Waals surface area contributed by atoms with Gasteiger partial charge in [0.25, 0.3) is 0 Å². The molecule has 0 aliphatic carbocycles. The summed E-state index contributed by atoms with van der Waals surface area (Å²) < 4.78 is 0. The fourth-order valence-electron chi connectivity index (χ4n) is 1.36. The summed E-state index contributed by atoms with van der Waals surface area (Å²) >= 11 is 0. The van der Waals surface area contributed by atoms with Crippen molar-refractivity contribution in [1.29, 1.82) is 0 Å². The standard InChI is InChI=1S/C10H11N7O2/c1-11-10-14-5-8(17(18)19)9(16-10)13-4-7-2-3-12-6-15-7/h2-3,5-6H,4H2,1H3,(H2,11,13,14,16). The van der Waals surface area contributed by atoms with Crippen LogP contribution in [-0.4, -0.2) is 31.9 Å². The molecule has 0 spiro atoms. The zero-order valence-corrected chi connectivity index (χ0v) is 10.1. The maximum absolute atomic E-state index is 10.9. The third-order valence-corrected chi connectivity index (χ3v) is 2.27. The Morgan fingerprint density at radius 2 is 2.26 bits per heavy atom. The van der Waals surface area contributed by atoms with E-state index in [1.807, 2.05) is 0 Å². The summed E-state index contributed by atoms with van der Waals surface area (Å²) in [5.74, 6) is 0.443. The Hall–Kier alpha value is -2.84. The van der Waals surface area contributed by atoms with E-state index in [0.717, 1.165) is 6.20 Å². The Morgan fingerprint density at radius 3 is 2.89 bits per heavy atom. The lowest BCUT2D eigenvalue weighted by Crippen LogP contribution is -2.08. The molecule has 2 rings (SSSR count). The van der Waals surface area contributed by atoms with Crippen LogP contribution in [0.3, 0.4) is 0 Å². The van der Waals surface area contributed by atoms with Gasteiger partial charge in [-0.05, 0) is 6.07 Å². The van der Waals surface area contributed by atoms with Gasteiger partial charge in [-0.1, -0.05) is 0 Å². The van der Waals surface area contributed by atoms with Gasteiger partial charge in [-0.2, -0.15) is 4.98 Å². The van der Waals surface area contributed by atoms with E-state index in [-0.39, 0.29) is 11.5 Å². The first-order chi connectivity index (χ1) is 9.20. The summed E-state index contributed by atoms with van der Waals surface area (Å²) in [5.41, 5.74) is 0.516. The quantitative estimate of drug-likeness (QED) is 0.600. The number of hydrogen-bond donors (Lipinski definition) is 2. The molecule has 0 unspecified atom stereocenters. The van der Waals surface area contributed by atoms with Crippen molar-refractivity contribution in [1.82, 2.24) is 19.9 Å². The Labute approximate surface area is 108 Å². The number of nitrogens with one attached hydrogen (secondary N) is 2. The van der Waals surface area contributed by atoms with Crippen LogP contribution in [-0.2, 0) is 6.54 Å². The van der Waals surface area contributed by atoms with Crippen LogP contribution in [0.4, 0.5) is 17.5 Å². The second-order valence-electron chi connectivity index (χ2n) is 3.49. The van der Waals surface area contributed by atoms with Gasteiger partial charge in [0, 0.05) is 13.2 Å². The van der Waals surface area contributed by atoms with E-state index in [9.17, 15) is 10.1 Å². The summed E-state index contributed by atoms with van der Waals surface area (Å²) in [5, 5.41) is 16.5. The highest BCUT2D eigenvalue weighted by Gasteiger charge is 2.16. The number of nitrogens with zero attached hydrogens (tertiary/aromatic N) is 5. The van der Waals surface area contributed by atoms with Crippen molar-refractivity contribution < 1.29 is 4.92 Å². The van der Waals surface area contributed by atoms with Crippen LogP contribution >= 0.6 is 0 Å². The largest absolute Gasteiger partial charge is 0.359 e. The molecule has 9 nitrogen and oxygen atoms in total. The lowest BCUT2D eigenvalue weighted by Gasteiger charge is -2.06. The van der Waals surface area contributed by atoms with Crippen LogP contribution in [0.25, 0.3) is 0 Å². The van der Waals surface area contributed by atoms with Gasteiger partial charge in [0.1, 0.15) is 12.5 Å². The van der Waals surface area contributed by atoms with Crippen molar-refractivity contribution in [2.45, 2.75) is 6.54 Å². The molecule has 98 valence electrons. The van der Waals surface area contributed by atoms with Crippen LogP contribution in [0.15, 0.2) is 24.8 Å². The molecule has 2 aromatic heterocycles. The second kappa shape index (κ2) is 5.67. The zero-order chi connectivity index (χ0) is 13.7. The van der Waals surface area contributed by atoms with Gasteiger partial charge in [0.05, 0.1) is 17.2 Å². The molecule has 2 aromatic rings. The van der Waals surface area contributed by atoms with E-state index >= 15 is 0 Å². The van der Waals surface area contributed by atoms with E-state index in [4.69, 9.17) is 0 Å². The Morgan fingerprint density at radius 1 is 1.42 bits per heavy atom. The molecule has 0 atom stereocenters. The molecule has 0 amide bonds. The molecular formula is C10H11N7O2. The Bertz CT molecular complexity index is 575. The first-order valence-electron chi connectivity index (χ1n) is 5.38. The summed E-state index contributed by atoms with van der Waals surface area (Å²) in [4.78, 5) is 25.9. The number of nitro groups is 1. The zero-order valence-electron chi connectivity index (χ0n) is 10.1. The first-order valence-corrected chi connectivity index (χ1v) is 5.38. The normalized spacial score (nSPS) is 9.95. The predicted octanol–water partition coefficient (Wildman–Crippen LogP) is 0.829. The van der Waals surface area contributed by atoms with Crippen LogP contribution in [0.2, 0.25) is 0 Å². The molecule has 19 heavy (non-hydrogen) atoms. The number of anilines is 2. The first kappa shape index (κ1) is 12.6. The third kappa shape index (κ3) is 3.09. The fraction of sp³-hybridized carbons (Fsp3) is 0.200. The number of hydrogen-bond acceptors (Lipinski definition) is 8. The highest BCUT2D eigenvalue weighted by molar-refractivity contribution is 5.56. The monoisotopic (exact) mass is 261 g/mol. The lowest BCUT2D eigenvalue weighted by molar-refractivity contribution is -0.384. The van der Waals surface area contributed by atoms with Gasteiger partial charge >= 0.3 is 5.69 Å². The lowest BCUT2D eigenvalue weighted by atomic mass is 10.4. The van der Waals surface area contributed by atoms with E-state index < -0.39 is 4.92 Å². The van der Waals surface area contributed by atoms with E-state index in [2.05, 4.69) is 30.6 Å². The highest BCUT2D eigenvalue weighted by Crippen LogP contribution is 2.22. The van der Waals surface area contributed by atoms with Gasteiger partial charge < -0.3 is 10.6 Å². The summed E-state index contributed by atoms with van der Waals surface area (Å²) in [6.07, 6.45) is 4.16. The van der Waals surface area contributed by atoms with Crippen molar-refractivity contribution in [3.63, 3.8) is 0 Å². The molecule has 0 fully saturated rings. The van der Waals surface area contributed by atoms with Crippen LogP contribution in [0, 0.1) is 10.1 Å². The van der Waals surface area contributed by atoms with Crippen molar-refractivity contribution in [3.8, 4) is 0 Å². The van der Waals surface area contributed by atoms with Gasteiger partial charge in [-0.15, -0.1) is 0 Å². The van der Waals surface area contributed by atoms with Gasteiger partial charge in [-0.25, -0.2) is 15.0 Å². The fourth-order valence-corrected chi connectivity index (χ4v) is 1.36. The van der Waals surface area contributed by atoms with Crippen LogP contribution in [0.1, 0.15) is 5.69 Å². The maximum Gasteiger partial charge on any atom is 0.329 e. The van der Waals surface area contributed by atoms with Crippen molar-refractivity contribution in [2.24, 2.45) is 0 Å². The molecule has 9 heteroatoms. The third-order valence-electron chi connectivity index (χ3n) is 2.27. The minimum Gasteiger partial charge on any atom is -0.359 e. The molecule has 0 saturated heterocycles. The minimum absolute atomic E-state index is 0.142. The molecule has 2 heterocycles. The number of rotatable bonds is 5. The average molecular weight is 261 g/mol. The topological polar surface area (TPSA) is 119 Å². The molecule has 0 saturated carbocycles. The minimum atomic E-state index is -0.540. The van der Waals surface area contributed by atoms with Gasteiger partial charge in [-0.3, -0.25) is 10.1 Å². The summed E-state index contributed by atoms with van der Waals surface area (Å²) in [7, 11) is 1.63. The average Bonchev–Trinajstić information content (AvgIpc) is 2.45.